The summed E-state index contributed by atoms with van der Waals surface area (Å²) in [5.41, 5.74) is 3.57. The van der Waals surface area contributed by atoms with Crippen molar-refractivity contribution in [3.63, 3.8) is 0 Å². The molecular formula is C25H28N8O2. The molecule has 10 nitrogen and oxygen atoms in total. The number of rotatable bonds is 6. The van der Waals surface area contributed by atoms with Crippen LogP contribution in [0.3, 0.4) is 0 Å². The van der Waals surface area contributed by atoms with E-state index in [1.807, 2.05) is 41.3 Å². The first-order valence-corrected chi connectivity index (χ1v) is 12.1. The fourth-order valence-electron chi connectivity index (χ4n) is 4.43. The molecule has 3 aromatic heterocycles. The van der Waals surface area contributed by atoms with Crippen molar-refractivity contribution >= 4 is 11.5 Å². The number of aromatic nitrogens is 6. The Morgan fingerprint density at radius 3 is 2.26 bits per heavy atom. The molecule has 0 aliphatic carbocycles. The fraction of sp³-hybridized carbons (Fsp3) is 0.400. The quantitative estimate of drug-likeness (QED) is 0.417. The van der Waals surface area contributed by atoms with Gasteiger partial charge in [-0.15, -0.1) is 5.10 Å². The monoisotopic (exact) mass is 472 g/mol. The van der Waals surface area contributed by atoms with Crippen molar-refractivity contribution in [2.45, 2.75) is 13.0 Å². The molecule has 4 aromatic rings. The molecule has 2 aliphatic rings. The second-order valence-electron chi connectivity index (χ2n) is 8.78. The van der Waals surface area contributed by atoms with Crippen LogP contribution in [0.5, 0.6) is 0 Å². The average molecular weight is 473 g/mol. The molecule has 0 bridgehead atoms. The Bertz CT molecular complexity index is 1270. The highest BCUT2D eigenvalue weighted by atomic mass is 16.5. The van der Waals surface area contributed by atoms with Gasteiger partial charge in [0.25, 0.3) is 0 Å². The van der Waals surface area contributed by atoms with E-state index < -0.39 is 0 Å². The standard InChI is InChI=1S/C25H28N8O2/c1-2-4-19(5-3-1)14-22-26-15-20(16-27-22)21-17-33-25(24(28-21)32-8-12-35-13-9-32)29-23(30-33)18-31-6-10-34-11-7-31/h1-5,15-17H,6-14,18H2. The number of ether oxygens (including phenoxy) is 2. The maximum Gasteiger partial charge on any atom is 0.198 e. The molecule has 2 saturated heterocycles. The molecule has 2 aliphatic heterocycles. The van der Waals surface area contributed by atoms with Gasteiger partial charge in [-0.2, -0.15) is 0 Å². The van der Waals surface area contributed by atoms with Gasteiger partial charge in [0.2, 0.25) is 0 Å². The number of anilines is 1. The molecule has 0 spiro atoms. The zero-order valence-electron chi connectivity index (χ0n) is 19.6. The third-order valence-corrected chi connectivity index (χ3v) is 6.33. The van der Waals surface area contributed by atoms with Crippen LogP contribution in [0.25, 0.3) is 16.9 Å². The van der Waals surface area contributed by atoms with Crippen molar-refractivity contribution < 1.29 is 9.47 Å². The predicted octanol–water partition coefficient (Wildman–Crippen LogP) is 1.84. The van der Waals surface area contributed by atoms with E-state index in [0.29, 0.717) is 26.2 Å². The summed E-state index contributed by atoms with van der Waals surface area (Å²) in [6.07, 6.45) is 6.30. The van der Waals surface area contributed by atoms with Gasteiger partial charge < -0.3 is 14.4 Å². The summed E-state index contributed by atoms with van der Waals surface area (Å²) in [6, 6.07) is 10.2. The van der Waals surface area contributed by atoms with Gasteiger partial charge in [-0.1, -0.05) is 30.3 Å². The van der Waals surface area contributed by atoms with E-state index >= 15 is 0 Å². The minimum absolute atomic E-state index is 0.671. The van der Waals surface area contributed by atoms with Crippen molar-refractivity contribution in [1.29, 1.82) is 0 Å². The number of benzene rings is 1. The summed E-state index contributed by atoms with van der Waals surface area (Å²) in [7, 11) is 0. The van der Waals surface area contributed by atoms with Crippen molar-refractivity contribution in [3.05, 3.63) is 66.1 Å². The van der Waals surface area contributed by atoms with Crippen LogP contribution in [-0.4, -0.2) is 87.1 Å². The number of hydrogen-bond acceptors (Lipinski definition) is 9. The van der Waals surface area contributed by atoms with Gasteiger partial charge in [0.05, 0.1) is 44.9 Å². The summed E-state index contributed by atoms with van der Waals surface area (Å²) < 4.78 is 12.9. The van der Waals surface area contributed by atoms with E-state index in [1.165, 1.54) is 5.56 Å². The maximum atomic E-state index is 5.57. The van der Waals surface area contributed by atoms with Crippen LogP contribution in [0, 0.1) is 0 Å². The van der Waals surface area contributed by atoms with Crippen molar-refractivity contribution in [1.82, 2.24) is 34.4 Å². The van der Waals surface area contributed by atoms with Crippen LogP contribution >= 0.6 is 0 Å². The van der Waals surface area contributed by atoms with Crippen LogP contribution in [0.2, 0.25) is 0 Å². The largest absolute Gasteiger partial charge is 0.379 e. The number of morpholine rings is 2. The Hall–Kier alpha value is -3.47. The Labute approximate surface area is 203 Å². The molecule has 10 heteroatoms. The Kier molecular flexibility index (Phi) is 6.31. The highest BCUT2D eigenvalue weighted by Gasteiger charge is 2.21. The highest BCUT2D eigenvalue weighted by Crippen LogP contribution is 2.25. The van der Waals surface area contributed by atoms with Crippen LogP contribution in [0.15, 0.2) is 48.9 Å². The molecule has 0 unspecified atom stereocenters. The molecule has 5 heterocycles. The number of fused-ring (bicyclic) bond motifs is 1. The maximum absolute atomic E-state index is 5.57. The second kappa shape index (κ2) is 10.0. The van der Waals surface area contributed by atoms with Crippen molar-refractivity contribution in [3.8, 4) is 11.3 Å². The number of hydrogen-bond donors (Lipinski definition) is 0. The smallest absolute Gasteiger partial charge is 0.198 e. The summed E-state index contributed by atoms with van der Waals surface area (Å²) in [6.45, 7) is 6.85. The third-order valence-electron chi connectivity index (χ3n) is 6.33. The van der Waals surface area contributed by atoms with E-state index in [4.69, 9.17) is 24.5 Å². The average Bonchev–Trinajstić information content (AvgIpc) is 3.32. The van der Waals surface area contributed by atoms with Gasteiger partial charge in [-0.05, 0) is 5.56 Å². The molecule has 0 radical (unpaired) electrons. The van der Waals surface area contributed by atoms with Gasteiger partial charge in [0.1, 0.15) is 5.82 Å². The van der Waals surface area contributed by atoms with E-state index in [2.05, 4.69) is 31.9 Å². The normalized spacial score (nSPS) is 17.2. The molecule has 0 atom stereocenters. The summed E-state index contributed by atoms with van der Waals surface area (Å²) in [5, 5.41) is 4.81. The van der Waals surface area contributed by atoms with Crippen molar-refractivity contribution in [2.24, 2.45) is 0 Å². The van der Waals surface area contributed by atoms with Crippen LogP contribution < -0.4 is 4.90 Å². The topological polar surface area (TPSA) is 93.8 Å². The molecule has 6 rings (SSSR count). The van der Waals surface area contributed by atoms with Crippen LogP contribution in [-0.2, 0) is 22.4 Å². The molecule has 1 aromatic carbocycles. The third kappa shape index (κ3) is 5.00. The SMILES string of the molecule is c1ccc(Cc2ncc(-c3cn4nc(CN5CCOCC5)nc4c(N4CCOCC4)n3)cn2)cc1. The van der Waals surface area contributed by atoms with Gasteiger partial charge in [0.15, 0.2) is 17.3 Å². The predicted molar refractivity (Wildman–Crippen MR) is 130 cm³/mol. The lowest BCUT2D eigenvalue weighted by Crippen LogP contribution is -2.37. The first-order chi connectivity index (χ1) is 17.3. The fourth-order valence-corrected chi connectivity index (χ4v) is 4.43. The lowest BCUT2D eigenvalue weighted by Gasteiger charge is -2.28. The summed E-state index contributed by atoms with van der Waals surface area (Å²) in [5.74, 6) is 2.39. The lowest BCUT2D eigenvalue weighted by molar-refractivity contribution is 0.0331. The first kappa shape index (κ1) is 22.0. The van der Waals surface area contributed by atoms with Gasteiger partial charge in [-0.25, -0.2) is 24.5 Å². The minimum atomic E-state index is 0.671. The summed E-state index contributed by atoms with van der Waals surface area (Å²) in [4.78, 5) is 23.6. The van der Waals surface area contributed by atoms with Gasteiger partial charge in [0, 0.05) is 50.6 Å². The zero-order chi connectivity index (χ0) is 23.5. The van der Waals surface area contributed by atoms with E-state index in [-0.39, 0.29) is 0 Å². The van der Waals surface area contributed by atoms with Gasteiger partial charge in [-0.3, -0.25) is 4.90 Å². The molecular weight excluding hydrogens is 444 g/mol. The van der Waals surface area contributed by atoms with Crippen molar-refractivity contribution in [2.75, 3.05) is 57.5 Å². The molecule has 0 saturated carbocycles. The molecule has 180 valence electrons. The molecule has 2 fully saturated rings. The first-order valence-electron chi connectivity index (χ1n) is 12.1. The Morgan fingerprint density at radius 2 is 1.51 bits per heavy atom. The Morgan fingerprint density at radius 1 is 0.800 bits per heavy atom. The van der Waals surface area contributed by atoms with Gasteiger partial charge >= 0.3 is 0 Å². The van der Waals surface area contributed by atoms with E-state index in [1.54, 1.807) is 0 Å². The van der Waals surface area contributed by atoms with Crippen LogP contribution in [0.4, 0.5) is 5.82 Å². The van der Waals surface area contributed by atoms with E-state index in [0.717, 1.165) is 73.8 Å². The minimum Gasteiger partial charge on any atom is -0.379 e. The van der Waals surface area contributed by atoms with E-state index in [9.17, 15) is 0 Å². The number of nitrogens with zero attached hydrogens (tertiary/aromatic N) is 8. The highest BCUT2D eigenvalue weighted by molar-refractivity contribution is 5.69. The summed E-state index contributed by atoms with van der Waals surface area (Å²) >= 11 is 0. The second-order valence-corrected chi connectivity index (χ2v) is 8.78. The van der Waals surface area contributed by atoms with Crippen LogP contribution in [0.1, 0.15) is 17.2 Å². The zero-order valence-corrected chi connectivity index (χ0v) is 19.6. The molecule has 0 amide bonds. The molecule has 0 N–H and O–H groups in total. The lowest BCUT2D eigenvalue weighted by atomic mass is 10.1. The Balaban J connectivity index is 1.32. The molecule has 35 heavy (non-hydrogen) atoms.